The van der Waals surface area contributed by atoms with Crippen molar-refractivity contribution in [2.75, 3.05) is 7.05 Å². The summed E-state index contributed by atoms with van der Waals surface area (Å²) in [5.74, 6) is -0.804. The third-order valence-corrected chi connectivity index (χ3v) is 2.56. The number of ketones is 1. The lowest BCUT2D eigenvalue weighted by Gasteiger charge is -2.07. The van der Waals surface area contributed by atoms with Crippen molar-refractivity contribution < 1.29 is 9.59 Å². The molecule has 3 nitrogen and oxygen atoms in total. The molecule has 14 heavy (non-hydrogen) atoms. The molecule has 1 aliphatic rings. The number of carbonyl (C=O) groups is 2. The molecule has 1 atom stereocenters. The summed E-state index contributed by atoms with van der Waals surface area (Å²) in [6, 6.07) is 7.49. The third kappa shape index (κ3) is 1.21. The molecular formula is C11H11NO2. The summed E-state index contributed by atoms with van der Waals surface area (Å²) in [5.41, 5.74) is 1.84. The Labute approximate surface area is 82.1 Å². The van der Waals surface area contributed by atoms with Gasteiger partial charge in [-0.3, -0.25) is 9.59 Å². The molecule has 0 spiro atoms. The lowest BCUT2D eigenvalue weighted by molar-refractivity contribution is -0.129. The van der Waals surface area contributed by atoms with E-state index >= 15 is 0 Å². The summed E-state index contributed by atoms with van der Waals surface area (Å²) in [6.45, 7) is 0. The zero-order chi connectivity index (χ0) is 10.1. The third-order valence-electron chi connectivity index (χ3n) is 2.56. The largest absolute Gasteiger partial charge is 0.358 e. The van der Waals surface area contributed by atoms with Crippen molar-refractivity contribution in [3.8, 4) is 0 Å². The molecule has 1 aliphatic carbocycles. The fraction of sp³-hybridized carbons (Fsp3) is 0.273. The van der Waals surface area contributed by atoms with E-state index in [-0.39, 0.29) is 11.7 Å². The van der Waals surface area contributed by atoms with Crippen molar-refractivity contribution in [3.63, 3.8) is 0 Å². The zero-order valence-corrected chi connectivity index (χ0v) is 7.91. The number of nitrogens with one attached hydrogen (secondary N) is 1. The highest BCUT2D eigenvalue weighted by molar-refractivity contribution is 6.10. The molecule has 0 bridgehead atoms. The molecule has 0 radical (unpaired) electrons. The predicted molar refractivity (Wildman–Crippen MR) is 52.0 cm³/mol. The Morgan fingerprint density at radius 3 is 2.86 bits per heavy atom. The number of rotatable bonds is 1. The Hall–Kier alpha value is -1.64. The number of hydrogen-bond donors (Lipinski definition) is 1. The average Bonchev–Trinajstić information content (AvgIpc) is 2.53. The predicted octanol–water partition coefficient (Wildman–Crippen LogP) is 0.641. The molecule has 3 heteroatoms. The van der Waals surface area contributed by atoms with E-state index < -0.39 is 5.92 Å². The van der Waals surface area contributed by atoms with Crippen LogP contribution in [0, 0.1) is 0 Å². The van der Waals surface area contributed by atoms with E-state index in [0.29, 0.717) is 6.42 Å². The minimum absolute atomic E-state index is 0.00875. The van der Waals surface area contributed by atoms with E-state index in [4.69, 9.17) is 0 Å². The summed E-state index contributed by atoms with van der Waals surface area (Å²) in [5, 5.41) is 2.52. The van der Waals surface area contributed by atoms with Crippen LogP contribution in [0.5, 0.6) is 0 Å². The van der Waals surface area contributed by atoms with Crippen LogP contribution >= 0.6 is 0 Å². The van der Waals surface area contributed by atoms with Gasteiger partial charge in [-0.15, -0.1) is 0 Å². The summed E-state index contributed by atoms with van der Waals surface area (Å²) < 4.78 is 0. The van der Waals surface area contributed by atoms with Crippen LogP contribution in [0.25, 0.3) is 0 Å². The van der Waals surface area contributed by atoms with Crippen molar-refractivity contribution in [2.45, 2.75) is 12.3 Å². The zero-order valence-electron chi connectivity index (χ0n) is 7.91. The SMILES string of the molecule is CNC(=O)C1C(=O)Cc2ccccc21. The highest BCUT2D eigenvalue weighted by Gasteiger charge is 2.34. The quantitative estimate of drug-likeness (QED) is 0.659. The van der Waals surface area contributed by atoms with Gasteiger partial charge in [0.05, 0.1) is 0 Å². The number of carbonyl (C=O) groups excluding carboxylic acids is 2. The van der Waals surface area contributed by atoms with Crippen molar-refractivity contribution in [3.05, 3.63) is 35.4 Å². The standard InChI is InChI=1S/C11H11NO2/c1-12-11(14)10-8-5-3-2-4-7(8)6-9(10)13/h2-5,10H,6H2,1H3,(H,12,14). The first-order valence-corrected chi connectivity index (χ1v) is 4.56. The van der Waals surface area contributed by atoms with Gasteiger partial charge in [0.2, 0.25) is 5.91 Å². The van der Waals surface area contributed by atoms with E-state index in [9.17, 15) is 9.59 Å². The smallest absolute Gasteiger partial charge is 0.234 e. The molecule has 0 saturated carbocycles. The molecule has 0 aromatic heterocycles. The first-order chi connectivity index (χ1) is 6.74. The van der Waals surface area contributed by atoms with Gasteiger partial charge < -0.3 is 5.32 Å². The highest BCUT2D eigenvalue weighted by atomic mass is 16.2. The van der Waals surface area contributed by atoms with Crippen LogP contribution in [0.1, 0.15) is 17.0 Å². The van der Waals surface area contributed by atoms with Gasteiger partial charge in [0.15, 0.2) is 5.78 Å². The Morgan fingerprint density at radius 1 is 1.43 bits per heavy atom. The van der Waals surface area contributed by atoms with Crippen molar-refractivity contribution >= 4 is 11.7 Å². The lowest BCUT2D eigenvalue weighted by Crippen LogP contribution is -2.28. The lowest BCUT2D eigenvalue weighted by atomic mass is 10.0. The van der Waals surface area contributed by atoms with Gasteiger partial charge in [-0.05, 0) is 11.1 Å². The van der Waals surface area contributed by atoms with Crippen molar-refractivity contribution in [1.29, 1.82) is 0 Å². The Kier molecular flexibility index (Phi) is 2.08. The second-order valence-electron chi connectivity index (χ2n) is 3.39. The Bertz CT molecular complexity index is 390. The number of likely N-dealkylation sites (N-methyl/N-ethyl adjacent to an activating group) is 1. The maximum atomic E-state index is 11.6. The van der Waals surface area contributed by atoms with Gasteiger partial charge in [-0.25, -0.2) is 0 Å². The molecule has 2 rings (SSSR count). The van der Waals surface area contributed by atoms with E-state index in [1.807, 2.05) is 24.3 Å². The van der Waals surface area contributed by atoms with Crippen LogP contribution in [0.4, 0.5) is 0 Å². The van der Waals surface area contributed by atoms with Crippen molar-refractivity contribution in [1.82, 2.24) is 5.32 Å². The molecule has 1 aromatic carbocycles. The van der Waals surface area contributed by atoms with Gasteiger partial charge >= 0.3 is 0 Å². The average molecular weight is 189 g/mol. The van der Waals surface area contributed by atoms with Gasteiger partial charge in [0.25, 0.3) is 0 Å². The molecular weight excluding hydrogens is 178 g/mol. The fourth-order valence-corrected chi connectivity index (χ4v) is 1.87. The van der Waals surface area contributed by atoms with E-state index in [1.54, 1.807) is 7.05 Å². The van der Waals surface area contributed by atoms with Crippen LogP contribution < -0.4 is 5.32 Å². The van der Waals surface area contributed by atoms with Gasteiger partial charge in [-0.2, -0.15) is 0 Å². The number of fused-ring (bicyclic) bond motifs is 1. The van der Waals surface area contributed by atoms with Crippen LogP contribution in [0.15, 0.2) is 24.3 Å². The van der Waals surface area contributed by atoms with E-state index in [1.165, 1.54) is 0 Å². The molecule has 1 unspecified atom stereocenters. The number of benzene rings is 1. The highest BCUT2D eigenvalue weighted by Crippen LogP contribution is 2.29. The number of hydrogen-bond acceptors (Lipinski definition) is 2. The topological polar surface area (TPSA) is 46.2 Å². The summed E-state index contributed by atoms with van der Waals surface area (Å²) in [7, 11) is 1.55. The Morgan fingerprint density at radius 2 is 2.14 bits per heavy atom. The van der Waals surface area contributed by atoms with Crippen LogP contribution in [0.3, 0.4) is 0 Å². The number of Topliss-reactive ketones (excluding diaryl/α,β-unsaturated/α-hetero) is 1. The first-order valence-electron chi connectivity index (χ1n) is 4.56. The van der Waals surface area contributed by atoms with Crippen molar-refractivity contribution in [2.24, 2.45) is 0 Å². The number of amides is 1. The van der Waals surface area contributed by atoms with Gasteiger partial charge in [0, 0.05) is 13.5 Å². The fourth-order valence-electron chi connectivity index (χ4n) is 1.87. The maximum absolute atomic E-state index is 11.6. The molecule has 0 fully saturated rings. The van der Waals surface area contributed by atoms with Crippen LogP contribution in [-0.4, -0.2) is 18.7 Å². The first kappa shape index (κ1) is 8.94. The molecule has 1 amide bonds. The van der Waals surface area contributed by atoms with Gasteiger partial charge in [-0.1, -0.05) is 24.3 Å². The molecule has 1 aromatic rings. The van der Waals surface area contributed by atoms with Gasteiger partial charge in [0.1, 0.15) is 5.92 Å². The Balaban J connectivity index is 2.44. The second-order valence-corrected chi connectivity index (χ2v) is 3.39. The molecule has 0 saturated heterocycles. The van der Waals surface area contributed by atoms with Crippen LogP contribution in [-0.2, 0) is 16.0 Å². The monoisotopic (exact) mass is 189 g/mol. The summed E-state index contributed by atoms with van der Waals surface area (Å²) in [4.78, 5) is 23.0. The molecule has 0 aliphatic heterocycles. The maximum Gasteiger partial charge on any atom is 0.234 e. The minimum Gasteiger partial charge on any atom is -0.358 e. The van der Waals surface area contributed by atoms with E-state index in [0.717, 1.165) is 11.1 Å². The second kappa shape index (κ2) is 3.25. The molecule has 1 N–H and O–H groups in total. The summed E-state index contributed by atoms with van der Waals surface area (Å²) >= 11 is 0. The van der Waals surface area contributed by atoms with Crippen LogP contribution in [0.2, 0.25) is 0 Å². The molecule has 0 heterocycles. The normalized spacial score (nSPS) is 19.2. The van der Waals surface area contributed by atoms with E-state index in [2.05, 4.69) is 5.32 Å². The minimum atomic E-state index is -0.587. The summed E-state index contributed by atoms with van der Waals surface area (Å²) in [6.07, 6.45) is 0.383. The molecule has 72 valence electrons.